The number of methoxy groups -OCH3 is 1. The third kappa shape index (κ3) is 5.81. The van der Waals surface area contributed by atoms with E-state index in [2.05, 4.69) is 34.8 Å². The van der Waals surface area contributed by atoms with Crippen LogP contribution in [0.1, 0.15) is 25.0 Å². The predicted molar refractivity (Wildman–Crippen MR) is 141 cm³/mol. The molecule has 0 aromatic heterocycles. The lowest BCUT2D eigenvalue weighted by molar-refractivity contribution is -0.122. The van der Waals surface area contributed by atoms with Crippen LogP contribution in [-0.4, -0.2) is 41.3 Å². The molecule has 0 unspecified atom stereocenters. The Labute approximate surface area is 210 Å². The number of thiocarbonyl (C=S) groups is 1. The highest BCUT2D eigenvalue weighted by Gasteiger charge is 2.30. The van der Waals surface area contributed by atoms with Gasteiger partial charge in [-0.2, -0.15) is 0 Å². The molecular formula is C23H23IN2O4S2. The fraction of sp³-hybridized carbons (Fsp3) is 0.261. The van der Waals surface area contributed by atoms with Gasteiger partial charge in [-0.3, -0.25) is 14.5 Å². The van der Waals surface area contributed by atoms with Crippen LogP contribution in [0.3, 0.4) is 0 Å². The molecule has 0 aliphatic carbocycles. The quantitative estimate of drug-likeness (QED) is 0.266. The van der Waals surface area contributed by atoms with Crippen LogP contribution in [-0.2, 0) is 16.0 Å². The van der Waals surface area contributed by atoms with E-state index in [1.165, 1.54) is 24.4 Å². The molecule has 1 aliphatic heterocycles. The molecule has 1 saturated heterocycles. The van der Waals surface area contributed by atoms with Crippen LogP contribution >= 0.6 is 46.6 Å². The van der Waals surface area contributed by atoms with Crippen molar-refractivity contribution in [1.29, 1.82) is 0 Å². The SMILES string of the molecule is CCc1ccc(NC(=O)COc2c(I)cc(/C=C3\SC(=S)N(CC)C3=O)cc2OC)cc1. The number of hydrogen-bond acceptors (Lipinski definition) is 6. The van der Waals surface area contributed by atoms with Gasteiger partial charge in [0, 0.05) is 12.2 Å². The topological polar surface area (TPSA) is 67.9 Å². The smallest absolute Gasteiger partial charge is 0.266 e. The Morgan fingerprint density at radius 3 is 2.56 bits per heavy atom. The standard InChI is InChI=1S/C23H23IN2O4S2/c1-4-14-6-8-16(9-7-14)25-20(27)13-30-21-17(24)10-15(11-18(21)29-3)12-19-22(28)26(5-2)23(31)32-19/h6-12H,4-5,13H2,1-3H3,(H,25,27)/b19-12-. The summed E-state index contributed by atoms with van der Waals surface area (Å²) in [5.74, 6) is 0.594. The van der Waals surface area contributed by atoms with Gasteiger partial charge in [-0.1, -0.05) is 43.0 Å². The average molecular weight is 582 g/mol. The number of likely N-dealkylation sites (N-methyl/N-ethyl adjacent to an activating group) is 1. The molecule has 0 atom stereocenters. The van der Waals surface area contributed by atoms with E-state index in [0.29, 0.717) is 27.3 Å². The summed E-state index contributed by atoms with van der Waals surface area (Å²) < 4.78 is 12.6. The number of halogens is 1. The van der Waals surface area contributed by atoms with E-state index in [-0.39, 0.29) is 18.4 Å². The number of ether oxygens (including phenoxy) is 2. The second-order valence-corrected chi connectivity index (χ2v) is 9.69. The zero-order valence-electron chi connectivity index (χ0n) is 17.9. The van der Waals surface area contributed by atoms with Crippen LogP contribution in [0.2, 0.25) is 0 Å². The number of rotatable bonds is 8. The number of nitrogens with one attached hydrogen (secondary N) is 1. The molecule has 168 valence electrons. The molecule has 1 aliphatic rings. The number of anilines is 1. The summed E-state index contributed by atoms with van der Waals surface area (Å²) in [6.07, 6.45) is 2.73. The summed E-state index contributed by atoms with van der Waals surface area (Å²) in [7, 11) is 1.54. The van der Waals surface area contributed by atoms with Gasteiger partial charge in [0.25, 0.3) is 11.8 Å². The molecule has 2 aromatic carbocycles. The lowest BCUT2D eigenvalue weighted by atomic mass is 10.1. The minimum Gasteiger partial charge on any atom is -0.493 e. The molecule has 9 heteroatoms. The Bertz CT molecular complexity index is 1070. The molecule has 1 fully saturated rings. The number of carbonyl (C=O) groups excluding carboxylic acids is 2. The maximum atomic E-state index is 12.5. The fourth-order valence-corrected chi connectivity index (χ4v) is 5.21. The van der Waals surface area contributed by atoms with Crippen LogP contribution in [0.15, 0.2) is 41.3 Å². The van der Waals surface area contributed by atoms with Gasteiger partial charge in [0.1, 0.15) is 4.32 Å². The van der Waals surface area contributed by atoms with E-state index in [1.807, 2.05) is 37.3 Å². The Morgan fingerprint density at radius 2 is 1.97 bits per heavy atom. The molecule has 0 spiro atoms. The molecule has 2 aromatic rings. The molecule has 1 heterocycles. The summed E-state index contributed by atoms with van der Waals surface area (Å²) in [6, 6.07) is 11.4. The van der Waals surface area contributed by atoms with E-state index in [4.69, 9.17) is 21.7 Å². The third-order valence-electron chi connectivity index (χ3n) is 4.73. The minimum atomic E-state index is -0.264. The van der Waals surface area contributed by atoms with Crippen molar-refractivity contribution in [1.82, 2.24) is 4.90 Å². The molecule has 0 bridgehead atoms. The summed E-state index contributed by atoms with van der Waals surface area (Å²) in [6.45, 7) is 4.36. The van der Waals surface area contributed by atoms with Gasteiger partial charge in [0.05, 0.1) is 15.6 Å². The molecule has 32 heavy (non-hydrogen) atoms. The van der Waals surface area contributed by atoms with Crippen molar-refractivity contribution in [2.45, 2.75) is 20.3 Å². The van der Waals surface area contributed by atoms with Crippen LogP contribution < -0.4 is 14.8 Å². The Kier molecular flexibility index (Phi) is 8.55. The maximum absolute atomic E-state index is 12.5. The Balaban J connectivity index is 1.71. The molecule has 2 amide bonds. The zero-order chi connectivity index (χ0) is 23.3. The van der Waals surface area contributed by atoms with Gasteiger partial charge < -0.3 is 14.8 Å². The van der Waals surface area contributed by atoms with Crippen molar-refractivity contribution in [3.8, 4) is 11.5 Å². The van der Waals surface area contributed by atoms with E-state index < -0.39 is 0 Å². The summed E-state index contributed by atoms with van der Waals surface area (Å²) in [4.78, 5) is 26.9. The second-order valence-electron chi connectivity index (χ2n) is 6.85. The monoisotopic (exact) mass is 582 g/mol. The first kappa shape index (κ1) is 24.5. The summed E-state index contributed by atoms with van der Waals surface area (Å²) in [5, 5.41) is 2.82. The van der Waals surface area contributed by atoms with E-state index >= 15 is 0 Å². The number of carbonyl (C=O) groups is 2. The van der Waals surface area contributed by atoms with Gasteiger partial charge in [-0.25, -0.2) is 0 Å². The zero-order valence-corrected chi connectivity index (χ0v) is 21.7. The van der Waals surface area contributed by atoms with Crippen molar-refractivity contribution in [3.05, 3.63) is 56.0 Å². The third-order valence-corrected chi connectivity index (χ3v) is 6.91. The largest absolute Gasteiger partial charge is 0.493 e. The fourth-order valence-electron chi connectivity index (χ4n) is 3.05. The minimum absolute atomic E-state index is 0.0968. The molecular weight excluding hydrogens is 559 g/mol. The Hall–Kier alpha value is -2.11. The first-order valence-corrected chi connectivity index (χ1v) is 12.3. The van der Waals surface area contributed by atoms with Crippen LogP contribution in [0.25, 0.3) is 6.08 Å². The molecule has 0 radical (unpaired) electrons. The first-order chi connectivity index (χ1) is 15.4. The molecule has 6 nitrogen and oxygen atoms in total. The van der Waals surface area contributed by atoms with Gasteiger partial charge in [0.15, 0.2) is 18.1 Å². The van der Waals surface area contributed by atoms with Crippen molar-refractivity contribution < 1.29 is 19.1 Å². The van der Waals surface area contributed by atoms with Crippen LogP contribution in [0.4, 0.5) is 5.69 Å². The van der Waals surface area contributed by atoms with Gasteiger partial charge in [-0.15, -0.1) is 0 Å². The van der Waals surface area contributed by atoms with Crippen molar-refractivity contribution in [2.75, 3.05) is 25.6 Å². The van der Waals surface area contributed by atoms with Crippen molar-refractivity contribution in [3.63, 3.8) is 0 Å². The number of nitrogens with zero attached hydrogens (tertiary/aromatic N) is 1. The number of thioether (sulfide) groups is 1. The van der Waals surface area contributed by atoms with E-state index in [0.717, 1.165) is 21.2 Å². The van der Waals surface area contributed by atoms with E-state index in [9.17, 15) is 9.59 Å². The summed E-state index contributed by atoms with van der Waals surface area (Å²) in [5.41, 5.74) is 2.71. The van der Waals surface area contributed by atoms with Gasteiger partial charge in [-0.05, 0) is 77.4 Å². The van der Waals surface area contributed by atoms with Gasteiger partial charge in [0.2, 0.25) is 0 Å². The predicted octanol–water partition coefficient (Wildman–Crippen LogP) is 5.10. The number of hydrogen-bond donors (Lipinski definition) is 1. The normalized spacial score (nSPS) is 14.8. The Morgan fingerprint density at radius 1 is 1.25 bits per heavy atom. The lowest BCUT2D eigenvalue weighted by Gasteiger charge is -2.14. The van der Waals surface area contributed by atoms with E-state index in [1.54, 1.807) is 17.0 Å². The van der Waals surface area contributed by atoms with Crippen molar-refractivity contribution >= 4 is 74.5 Å². The van der Waals surface area contributed by atoms with Crippen LogP contribution in [0.5, 0.6) is 11.5 Å². The number of benzene rings is 2. The highest BCUT2D eigenvalue weighted by Crippen LogP contribution is 2.37. The highest BCUT2D eigenvalue weighted by atomic mass is 127. The average Bonchev–Trinajstić information content (AvgIpc) is 3.05. The van der Waals surface area contributed by atoms with Gasteiger partial charge >= 0.3 is 0 Å². The molecule has 0 saturated carbocycles. The summed E-state index contributed by atoms with van der Waals surface area (Å²) >= 11 is 8.68. The second kappa shape index (κ2) is 11.2. The first-order valence-electron chi connectivity index (χ1n) is 10.0. The molecule has 3 rings (SSSR count). The highest BCUT2D eigenvalue weighted by molar-refractivity contribution is 14.1. The number of aryl methyl sites for hydroxylation is 1. The van der Waals surface area contributed by atoms with Crippen molar-refractivity contribution in [2.24, 2.45) is 0 Å². The maximum Gasteiger partial charge on any atom is 0.266 e. The lowest BCUT2D eigenvalue weighted by Crippen LogP contribution is -2.27. The molecule has 1 N–H and O–H groups in total. The van der Waals surface area contributed by atoms with Crippen LogP contribution in [0, 0.1) is 3.57 Å². The number of amides is 2.